The van der Waals surface area contributed by atoms with Crippen molar-refractivity contribution in [1.82, 2.24) is 5.32 Å². The summed E-state index contributed by atoms with van der Waals surface area (Å²) in [6.45, 7) is 3.69. The second-order valence-corrected chi connectivity index (χ2v) is 8.08. The molecule has 0 heterocycles. The fraction of sp³-hybridized carbons (Fsp3) is 0.750. The highest BCUT2D eigenvalue weighted by molar-refractivity contribution is 8.14. The van der Waals surface area contributed by atoms with Crippen LogP contribution in [-0.2, 0) is 23.9 Å². The van der Waals surface area contributed by atoms with Crippen LogP contribution >= 0.6 is 11.8 Å². The minimum atomic E-state index is -1.27. The van der Waals surface area contributed by atoms with Crippen molar-refractivity contribution >= 4 is 34.9 Å². The van der Waals surface area contributed by atoms with Crippen LogP contribution in [-0.4, -0.2) is 45.8 Å². The SMILES string of the molecule is CC(=O)N[C@@H](C(=O)O)C(C)(C)SC(=O)OCOC(=O)C1CCCCC1. The number of rotatable bonds is 7. The van der Waals surface area contributed by atoms with E-state index < -0.39 is 34.8 Å². The van der Waals surface area contributed by atoms with Crippen LogP contribution in [0.3, 0.4) is 0 Å². The zero-order valence-corrected chi connectivity index (χ0v) is 15.5. The van der Waals surface area contributed by atoms with Crippen molar-refractivity contribution < 1.29 is 33.8 Å². The molecule has 142 valence electrons. The zero-order chi connectivity index (χ0) is 19.0. The van der Waals surface area contributed by atoms with Gasteiger partial charge in [-0.3, -0.25) is 9.59 Å². The van der Waals surface area contributed by atoms with Crippen LogP contribution in [0.25, 0.3) is 0 Å². The van der Waals surface area contributed by atoms with Crippen LogP contribution in [0.5, 0.6) is 0 Å². The predicted molar refractivity (Wildman–Crippen MR) is 90.9 cm³/mol. The third-order valence-corrected chi connectivity index (χ3v) is 5.00. The molecule has 25 heavy (non-hydrogen) atoms. The summed E-state index contributed by atoms with van der Waals surface area (Å²) in [7, 11) is 0. The van der Waals surface area contributed by atoms with Gasteiger partial charge in [0, 0.05) is 6.92 Å². The number of aliphatic carboxylic acids is 1. The maximum atomic E-state index is 11.9. The van der Waals surface area contributed by atoms with Gasteiger partial charge in [0.25, 0.3) is 0 Å². The molecule has 1 aliphatic carbocycles. The lowest BCUT2D eigenvalue weighted by Gasteiger charge is -2.29. The Morgan fingerprint density at radius 2 is 1.76 bits per heavy atom. The van der Waals surface area contributed by atoms with E-state index in [1.54, 1.807) is 0 Å². The van der Waals surface area contributed by atoms with E-state index in [1.807, 2.05) is 0 Å². The van der Waals surface area contributed by atoms with Gasteiger partial charge in [-0.1, -0.05) is 19.3 Å². The Morgan fingerprint density at radius 3 is 2.28 bits per heavy atom. The van der Waals surface area contributed by atoms with Crippen molar-refractivity contribution in [3.05, 3.63) is 0 Å². The monoisotopic (exact) mass is 375 g/mol. The van der Waals surface area contributed by atoms with Gasteiger partial charge < -0.3 is 19.9 Å². The Bertz CT molecular complexity index is 515. The van der Waals surface area contributed by atoms with E-state index in [0.29, 0.717) is 11.8 Å². The molecule has 1 rings (SSSR count). The average molecular weight is 375 g/mol. The van der Waals surface area contributed by atoms with Crippen molar-refractivity contribution in [3.8, 4) is 0 Å². The van der Waals surface area contributed by atoms with Crippen molar-refractivity contribution in [2.75, 3.05) is 6.79 Å². The predicted octanol–water partition coefficient (Wildman–Crippen LogP) is 2.31. The van der Waals surface area contributed by atoms with Crippen LogP contribution in [0.15, 0.2) is 0 Å². The van der Waals surface area contributed by atoms with E-state index in [1.165, 1.54) is 20.8 Å². The van der Waals surface area contributed by atoms with E-state index in [2.05, 4.69) is 5.32 Å². The van der Waals surface area contributed by atoms with Crippen LogP contribution < -0.4 is 5.32 Å². The van der Waals surface area contributed by atoms with E-state index in [4.69, 9.17) is 9.47 Å². The Kier molecular flexibility index (Phi) is 8.21. The molecule has 0 spiro atoms. The van der Waals surface area contributed by atoms with Crippen LogP contribution in [0.1, 0.15) is 52.9 Å². The quantitative estimate of drug-likeness (QED) is 0.514. The Hall–Kier alpha value is -1.77. The zero-order valence-electron chi connectivity index (χ0n) is 14.7. The molecule has 0 radical (unpaired) electrons. The summed E-state index contributed by atoms with van der Waals surface area (Å²) in [5.41, 5.74) is 0. The largest absolute Gasteiger partial charge is 0.480 e. The van der Waals surface area contributed by atoms with Gasteiger partial charge in [0.1, 0.15) is 6.04 Å². The smallest absolute Gasteiger partial charge is 0.370 e. The summed E-state index contributed by atoms with van der Waals surface area (Å²) in [6.07, 6.45) is 4.66. The molecule has 1 amide bonds. The number of carboxylic acid groups (broad SMARTS) is 1. The first-order valence-electron chi connectivity index (χ1n) is 8.16. The highest BCUT2D eigenvalue weighted by Gasteiger charge is 2.39. The molecule has 8 nitrogen and oxygen atoms in total. The van der Waals surface area contributed by atoms with Crippen LogP contribution in [0, 0.1) is 5.92 Å². The first kappa shape index (κ1) is 21.3. The fourth-order valence-corrected chi connectivity index (χ4v) is 3.45. The third-order valence-electron chi connectivity index (χ3n) is 3.95. The summed E-state index contributed by atoms with van der Waals surface area (Å²) < 4.78 is 8.66. The maximum Gasteiger partial charge on any atom is 0.370 e. The Balaban J connectivity index is 2.44. The molecule has 0 aromatic rings. The van der Waals surface area contributed by atoms with Gasteiger partial charge in [-0.2, -0.15) is 0 Å². The van der Waals surface area contributed by atoms with Crippen LogP contribution in [0.4, 0.5) is 4.79 Å². The highest BCUT2D eigenvalue weighted by Crippen LogP contribution is 2.30. The number of carbonyl (C=O) groups is 4. The van der Waals surface area contributed by atoms with E-state index in [9.17, 15) is 24.3 Å². The molecule has 0 saturated heterocycles. The summed E-state index contributed by atoms with van der Waals surface area (Å²) in [5, 5.41) is 10.7. The van der Waals surface area contributed by atoms with Crippen molar-refractivity contribution in [3.63, 3.8) is 0 Å². The van der Waals surface area contributed by atoms with E-state index in [-0.39, 0.29) is 11.9 Å². The summed E-state index contributed by atoms with van der Waals surface area (Å²) >= 11 is 0.620. The Labute approximate surface area is 151 Å². The van der Waals surface area contributed by atoms with Gasteiger partial charge in [0.15, 0.2) is 0 Å². The fourth-order valence-electron chi connectivity index (χ4n) is 2.63. The van der Waals surface area contributed by atoms with Gasteiger partial charge in [0.2, 0.25) is 12.7 Å². The summed E-state index contributed by atoms with van der Waals surface area (Å²) in [5.74, 6) is -2.30. The molecule has 9 heteroatoms. The number of hydrogen-bond acceptors (Lipinski definition) is 7. The lowest BCUT2D eigenvalue weighted by atomic mass is 9.89. The van der Waals surface area contributed by atoms with E-state index in [0.717, 1.165) is 32.1 Å². The molecule has 1 atom stereocenters. The molecule has 0 aromatic carbocycles. The molecule has 0 aromatic heterocycles. The van der Waals surface area contributed by atoms with Gasteiger partial charge >= 0.3 is 17.2 Å². The van der Waals surface area contributed by atoms with E-state index >= 15 is 0 Å². The number of nitrogens with one attached hydrogen (secondary N) is 1. The molecular weight excluding hydrogens is 350 g/mol. The Morgan fingerprint density at radius 1 is 1.16 bits per heavy atom. The number of carboxylic acids is 1. The van der Waals surface area contributed by atoms with Crippen molar-refractivity contribution in [1.29, 1.82) is 0 Å². The summed E-state index contributed by atoms with van der Waals surface area (Å²) in [6, 6.07) is -1.27. The number of ether oxygens (including phenoxy) is 2. The number of carbonyl (C=O) groups excluding carboxylic acids is 3. The topological polar surface area (TPSA) is 119 Å². The van der Waals surface area contributed by atoms with Gasteiger partial charge in [-0.05, 0) is 38.5 Å². The summed E-state index contributed by atoms with van der Waals surface area (Å²) in [4.78, 5) is 46.1. The number of thioether (sulfide) groups is 1. The van der Waals surface area contributed by atoms with Gasteiger partial charge in [-0.15, -0.1) is 0 Å². The van der Waals surface area contributed by atoms with Gasteiger partial charge in [-0.25, -0.2) is 9.59 Å². The molecule has 1 saturated carbocycles. The lowest BCUT2D eigenvalue weighted by molar-refractivity contribution is -0.157. The normalized spacial score (nSPS) is 16.6. The maximum absolute atomic E-state index is 11.9. The number of hydrogen-bond donors (Lipinski definition) is 2. The van der Waals surface area contributed by atoms with Gasteiger partial charge in [0.05, 0.1) is 10.7 Å². The molecule has 2 N–H and O–H groups in total. The molecule has 1 aliphatic rings. The second-order valence-electron chi connectivity index (χ2n) is 6.49. The minimum Gasteiger partial charge on any atom is -0.480 e. The second kappa shape index (κ2) is 9.65. The standard InChI is InChI=1S/C16H25NO7S/c1-10(18)17-12(13(19)20)16(2,3)25-15(22)24-9-23-14(21)11-7-5-4-6-8-11/h11-12H,4-9H2,1-3H3,(H,17,18)(H,19,20)/t12-/m0/s1. The molecule has 0 unspecified atom stereocenters. The number of esters is 1. The lowest BCUT2D eigenvalue weighted by Crippen LogP contribution is -2.52. The van der Waals surface area contributed by atoms with Crippen molar-refractivity contribution in [2.24, 2.45) is 5.92 Å². The average Bonchev–Trinajstić information content (AvgIpc) is 2.52. The molecule has 0 aliphatic heterocycles. The molecule has 1 fully saturated rings. The number of amides is 1. The first-order valence-corrected chi connectivity index (χ1v) is 8.97. The minimum absolute atomic E-state index is 0.146. The molecular formula is C16H25NO7S. The molecule has 0 bridgehead atoms. The third kappa shape index (κ3) is 7.33. The van der Waals surface area contributed by atoms with Crippen molar-refractivity contribution in [2.45, 2.75) is 63.7 Å². The highest BCUT2D eigenvalue weighted by atomic mass is 32.2. The van der Waals surface area contributed by atoms with Crippen LogP contribution in [0.2, 0.25) is 0 Å². The first-order chi connectivity index (χ1) is 11.6.